The summed E-state index contributed by atoms with van der Waals surface area (Å²) in [7, 11) is 3.26. The van der Waals surface area contributed by atoms with Crippen molar-refractivity contribution in [1.82, 2.24) is 0 Å². The second-order valence-corrected chi connectivity index (χ2v) is 5.95. The minimum absolute atomic E-state index is 0.125. The van der Waals surface area contributed by atoms with Gasteiger partial charge in [-0.15, -0.1) is 0 Å². The van der Waals surface area contributed by atoms with Gasteiger partial charge in [-0.3, -0.25) is 4.79 Å². The van der Waals surface area contributed by atoms with E-state index in [2.05, 4.69) is 0 Å². The molecule has 0 unspecified atom stereocenters. The Morgan fingerprint density at radius 3 is 1.56 bits per heavy atom. The zero-order valence-electron chi connectivity index (χ0n) is 15.1. The summed E-state index contributed by atoms with van der Waals surface area (Å²) in [5.41, 5.74) is 7.68. The van der Waals surface area contributed by atoms with E-state index in [-0.39, 0.29) is 12.0 Å². The third-order valence-corrected chi connectivity index (χ3v) is 4.09. The Morgan fingerprint density at radius 2 is 1.24 bits per heavy atom. The van der Waals surface area contributed by atoms with Crippen LogP contribution in [0.4, 0.5) is 0 Å². The van der Waals surface area contributed by atoms with Crippen molar-refractivity contribution >= 4 is 5.97 Å². The lowest BCUT2D eigenvalue weighted by molar-refractivity contribution is -0.149. The molecule has 0 amide bonds. The first-order valence-electron chi connectivity index (χ1n) is 8.20. The van der Waals surface area contributed by atoms with Gasteiger partial charge in [-0.2, -0.15) is 0 Å². The van der Waals surface area contributed by atoms with Gasteiger partial charge in [0.05, 0.1) is 14.2 Å². The Hall–Kier alpha value is -2.53. The van der Waals surface area contributed by atoms with Gasteiger partial charge in [0, 0.05) is 5.92 Å². The SMILES string of the molecule is COc1ccc(C(c2ccc(OC)cc2)[C@H](C)OC(=O)[C@H](C)N)cc1. The van der Waals surface area contributed by atoms with Crippen molar-refractivity contribution in [3.63, 3.8) is 0 Å². The van der Waals surface area contributed by atoms with Crippen molar-refractivity contribution in [1.29, 1.82) is 0 Å². The highest BCUT2D eigenvalue weighted by Crippen LogP contribution is 2.32. The molecule has 2 aromatic rings. The van der Waals surface area contributed by atoms with Crippen LogP contribution >= 0.6 is 0 Å². The van der Waals surface area contributed by atoms with Gasteiger partial charge in [-0.05, 0) is 49.2 Å². The van der Waals surface area contributed by atoms with Crippen molar-refractivity contribution in [2.75, 3.05) is 14.2 Å². The van der Waals surface area contributed by atoms with E-state index in [1.807, 2.05) is 55.5 Å². The number of carbonyl (C=O) groups excluding carboxylic acids is 1. The van der Waals surface area contributed by atoms with Gasteiger partial charge >= 0.3 is 5.97 Å². The third-order valence-electron chi connectivity index (χ3n) is 4.09. The lowest BCUT2D eigenvalue weighted by atomic mass is 9.87. The van der Waals surface area contributed by atoms with Gasteiger partial charge < -0.3 is 19.9 Å². The maximum absolute atomic E-state index is 11.9. The second kappa shape index (κ2) is 8.53. The number of methoxy groups -OCH3 is 2. The molecule has 2 aromatic carbocycles. The summed E-state index contributed by atoms with van der Waals surface area (Å²) >= 11 is 0. The molecule has 134 valence electrons. The summed E-state index contributed by atoms with van der Waals surface area (Å²) in [6.45, 7) is 3.49. The molecular formula is C20H25NO4. The molecule has 5 nitrogen and oxygen atoms in total. The largest absolute Gasteiger partial charge is 0.497 e. The lowest BCUT2D eigenvalue weighted by Crippen LogP contribution is -2.33. The third kappa shape index (κ3) is 4.73. The molecule has 0 aliphatic rings. The van der Waals surface area contributed by atoms with Crippen LogP contribution in [0.2, 0.25) is 0 Å². The summed E-state index contributed by atoms with van der Waals surface area (Å²) in [6.07, 6.45) is -0.375. The molecule has 0 saturated carbocycles. The molecule has 0 saturated heterocycles. The van der Waals surface area contributed by atoms with E-state index < -0.39 is 12.0 Å². The lowest BCUT2D eigenvalue weighted by Gasteiger charge is -2.26. The topological polar surface area (TPSA) is 70.8 Å². The van der Waals surface area contributed by atoms with Crippen molar-refractivity contribution in [2.45, 2.75) is 31.9 Å². The molecule has 0 aliphatic heterocycles. The Bertz CT molecular complexity index is 632. The first-order chi connectivity index (χ1) is 12.0. The maximum Gasteiger partial charge on any atom is 0.322 e. The first-order valence-corrected chi connectivity index (χ1v) is 8.20. The van der Waals surface area contributed by atoms with Crippen LogP contribution in [0.25, 0.3) is 0 Å². The highest BCUT2D eigenvalue weighted by atomic mass is 16.5. The fourth-order valence-electron chi connectivity index (χ4n) is 2.72. The van der Waals surface area contributed by atoms with E-state index in [1.165, 1.54) is 0 Å². The van der Waals surface area contributed by atoms with Crippen molar-refractivity contribution in [3.05, 3.63) is 59.7 Å². The van der Waals surface area contributed by atoms with E-state index in [0.29, 0.717) is 0 Å². The van der Waals surface area contributed by atoms with Crippen LogP contribution in [0.1, 0.15) is 30.9 Å². The highest BCUT2D eigenvalue weighted by Gasteiger charge is 2.26. The molecule has 0 spiro atoms. The predicted octanol–water partition coefficient (Wildman–Crippen LogP) is 3.11. The number of carbonyl (C=O) groups is 1. The minimum Gasteiger partial charge on any atom is -0.497 e. The zero-order chi connectivity index (χ0) is 18.4. The van der Waals surface area contributed by atoms with Crippen LogP contribution in [0.15, 0.2) is 48.5 Å². The molecule has 2 N–H and O–H groups in total. The van der Waals surface area contributed by atoms with E-state index in [1.54, 1.807) is 21.1 Å². The number of rotatable bonds is 7. The number of hydrogen-bond acceptors (Lipinski definition) is 5. The van der Waals surface area contributed by atoms with Crippen LogP contribution < -0.4 is 15.2 Å². The standard InChI is InChI=1S/C20H25NO4/c1-13(21)20(22)25-14(2)19(15-5-9-17(23-3)10-6-15)16-7-11-18(24-4)12-8-16/h5-14,19H,21H2,1-4H3/t13-,14-/m0/s1. The number of ether oxygens (including phenoxy) is 3. The van der Waals surface area contributed by atoms with E-state index in [0.717, 1.165) is 22.6 Å². The van der Waals surface area contributed by atoms with Crippen LogP contribution in [0, 0.1) is 0 Å². The van der Waals surface area contributed by atoms with Crippen molar-refractivity contribution in [2.24, 2.45) is 5.73 Å². The van der Waals surface area contributed by atoms with Gasteiger partial charge in [0.2, 0.25) is 0 Å². The number of esters is 1. The first kappa shape index (κ1) is 18.8. The normalized spacial score (nSPS) is 13.2. The molecule has 0 aliphatic carbocycles. The smallest absolute Gasteiger partial charge is 0.322 e. The van der Waals surface area contributed by atoms with Crippen LogP contribution in [0.3, 0.4) is 0 Å². The average molecular weight is 343 g/mol. The quantitative estimate of drug-likeness (QED) is 0.782. The fourth-order valence-corrected chi connectivity index (χ4v) is 2.72. The molecule has 25 heavy (non-hydrogen) atoms. The summed E-state index contributed by atoms with van der Waals surface area (Å²) in [6, 6.07) is 14.8. The number of benzene rings is 2. The van der Waals surface area contributed by atoms with Crippen LogP contribution in [-0.4, -0.2) is 32.3 Å². The summed E-state index contributed by atoms with van der Waals surface area (Å²) < 4.78 is 16.0. The summed E-state index contributed by atoms with van der Waals surface area (Å²) in [5.74, 6) is 1.01. The van der Waals surface area contributed by atoms with Gasteiger partial charge in [-0.1, -0.05) is 24.3 Å². The Balaban J connectivity index is 2.36. The Labute approximate surface area is 148 Å². The number of hydrogen-bond donors (Lipinski definition) is 1. The van der Waals surface area contributed by atoms with E-state index in [4.69, 9.17) is 19.9 Å². The number of nitrogens with two attached hydrogens (primary N) is 1. The van der Waals surface area contributed by atoms with E-state index >= 15 is 0 Å². The predicted molar refractivity (Wildman–Crippen MR) is 97.0 cm³/mol. The van der Waals surface area contributed by atoms with Crippen LogP contribution in [0.5, 0.6) is 11.5 Å². The maximum atomic E-state index is 11.9. The second-order valence-electron chi connectivity index (χ2n) is 5.95. The van der Waals surface area contributed by atoms with Crippen LogP contribution in [-0.2, 0) is 9.53 Å². The molecule has 2 atom stereocenters. The molecule has 0 heterocycles. The van der Waals surface area contributed by atoms with Crippen molar-refractivity contribution < 1.29 is 19.0 Å². The monoisotopic (exact) mass is 343 g/mol. The van der Waals surface area contributed by atoms with Gasteiger partial charge in [0.1, 0.15) is 23.6 Å². The fraction of sp³-hybridized carbons (Fsp3) is 0.350. The Morgan fingerprint density at radius 1 is 0.840 bits per heavy atom. The highest BCUT2D eigenvalue weighted by molar-refractivity contribution is 5.75. The molecule has 5 heteroatoms. The Kier molecular flexibility index (Phi) is 6.42. The molecule has 0 aromatic heterocycles. The molecular weight excluding hydrogens is 318 g/mol. The molecule has 0 radical (unpaired) electrons. The molecule has 2 rings (SSSR count). The van der Waals surface area contributed by atoms with Crippen molar-refractivity contribution in [3.8, 4) is 11.5 Å². The molecule has 0 fully saturated rings. The summed E-state index contributed by atoms with van der Waals surface area (Å²) in [4.78, 5) is 11.9. The van der Waals surface area contributed by atoms with Gasteiger partial charge in [0.25, 0.3) is 0 Å². The molecule has 0 bridgehead atoms. The summed E-state index contributed by atoms with van der Waals surface area (Å²) in [5, 5.41) is 0. The zero-order valence-corrected chi connectivity index (χ0v) is 15.1. The van der Waals surface area contributed by atoms with E-state index in [9.17, 15) is 4.79 Å². The minimum atomic E-state index is -0.658. The average Bonchev–Trinajstić information content (AvgIpc) is 2.63. The van der Waals surface area contributed by atoms with Gasteiger partial charge in [-0.25, -0.2) is 0 Å². The van der Waals surface area contributed by atoms with Gasteiger partial charge in [0.15, 0.2) is 0 Å².